The van der Waals surface area contributed by atoms with E-state index in [-0.39, 0.29) is 22.7 Å². The topological polar surface area (TPSA) is 93.9 Å². The first-order valence-electron chi connectivity index (χ1n) is 11.0. The van der Waals surface area contributed by atoms with E-state index in [2.05, 4.69) is 0 Å². The van der Waals surface area contributed by atoms with Gasteiger partial charge in [-0.2, -0.15) is 0 Å². The highest BCUT2D eigenvalue weighted by Gasteiger charge is 2.36. The van der Waals surface area contributed by atoms with E-state index >= 15 is 0 Å². The first-order chi connectivity index (χ1) is 17.4. The van der Waals surface area contributed by atoms with Crippen LogP contribution in [0.4, 0.5) is 4.79 Å². The molecule has 2 heterocycles. The predicted octanol–water partition coefficient (Wildman–Crippen LogP) is 5.39. The largest absolute Gasteiger partial charge is 0.497 e. The van der Waals surface area contributed by atoms with Crippen LogP contribution in [0.25, 0.3) is 28.4 Å². The summed E-state index contributed by atoms with van der Waals surface area (Å²) in [6, 6.07) is 22.0. The van der Waals surface area contributed by atoms with E-state index in [4.69, 9.17) is 9.15 Å². The molecule has 0 N–H and O–H groups in total. The summed E-state index contributed by atoms with van der Waals surface area (Å²) < 4.78 is 11.0. The number of para-hydroxylation sites is 1. The zero-order chi connectivity index (χ0) is 25.2. The molecule has 7 nitrogen and oxygen atoms in total. The lowest BCUT2D eigenvalue weighted by Crippen LogP contribution is -2.33. The average molecular weight is 498 g/mol. The Morgan fingerprint density at radius 1 is 0.972 bits per heavy atom. The van der Waals surface area contributed by atoms with E-state index in [1.54, 1.807) is 78.9 Å². The fraction of sp³-hybridized carbons (Fsp3) is 0.0714. The number of Topliss-reactive ketones (excluding diaryl/α,β-unsaturated/α-hetero) is 1. The van der Waals surface area contributed by atoms with E-state index in [0.717, 1.165) is 16.7 Å². The molecule has 8 heteroatoms. The standard InChI is InChI=1S/C28H19NO6S/c1-34-20-12-10-18(11-13-20)23(31)16-29-27(32)26(36-28(29)33)14-17-6-8-19(9-7-17)25-15-22(30)21-4-2-3-5-24(21)35-25/h2-15H,16H2,1H3/b26-14-. The number of benzene rings is 3. The monoisotopic (exact) mass is 497 g/mol. The van der Waals surface area contributed by atoms with Crippen LogP contribution in [-0.4, -0.2) is 35.5 Å². The van der Waals surface area contributed by atoms with Crippen LogP contribution in [0.3, 0.4) is 0 Å². The van der Waals surface area contributed by atoms with E-state index in [0.29, 0.717) is 39.2 Å². The van der Waals surface area contributed by atoms with Crippen LogP contribution in [0.1, 0.15) is 15.9 Å². The van der Waals surface area contributed by atoms with Gasteiger partial charge >= 0.3 is 0 Å². The number of nitrogens with zero attached hydrogens (tertiary/aromatic N) is 1. The molecule has 1 aliphatic rings. The predicted molar refractivity (Wildman–Crippen MR) is 138 cm³/mol. The van der Waals surface area contributed by atoms with Gasteiger partial charge < -0.3 is 9.15 Å². The Hall–Kier alpha value is -4.43. The SMILES string of the molecule is COc1ccc(C(=O)CN2C(=O)S/C(=C\c3ccc(-c4cc(=O)c5ccccc5o4)cc3)C2=O)cc1. The van der Waals surface area contributed by atoms with Gasteiger partial charge in [0, 0.05) is 17.2 Å². The lowest BCUT2D eigenvalue weighted by molar-refractivity contribution is -0.122. The zero-order valence-corrected chi connectivity index (χ0v) is 19.9. The van der Waals surface area contributed by atoms with Crippen molar-refractivity contribution in [2.45, 2.75) is 0 Å². The Morgan fingerprint density at radius 2 is 1.69 bits per heavy atom. The summed E-state index contributed by atoms with van der Waals surface area (Å²) in [5.41, 5.74) is 2.15. The molecule has 36 heavy (non-hydrogen) atoms. The van der Waals surface area contributed by atoms with Crippen molar-refractivity contribution >= 4 is 45.7 Å². The van der Waals surface area contributed by atoms with E-state index in [1.807, 2.05) is 0 Å². The number of ether oxygens (including phenoxy) is 1. The molecule has 178 valence electrons. The van der Waals surface area contributed by atoms with Crippen LogP contribution in [0.2, 0.25) is 0 Å². The molecule has 0 spiro atoms. The maximum Gasteiger partial charge on any atom is 0.293 e. The van der Waals surface area contributed by atoms with E-state index in [1.165, 1.54) is 13.2 Å². The number of thioether (sulfide) groups is 1. The van der Waals surface area contributed by atoms with Gasteiger partial charge in [-0.05, 0) is 59.8 Å². The van der Waals surface area contributed by atoms with E-state index in [9.17, 15) is 19.2 Å². The summed E-state index contributed by atoms with van der Waals surface area (Å²) in [4.78, 5) is 51.4. The molecule has 5 rings (SSSR count). The van der Waals surface area contributed by atoms with Gasteiger partial charge in [0.2, 0.25) is 0 Å². The zero-order valence-electron chi connectivity index (χ0n) is 19.1. The van der Waals surface area contributed by atoms with Gasteiger partial charge in [-0.3, -0.25) is 24.1 Å². The van der Waals surface area contributed by atoms with Crippen LogP contribution < -0.4 is 10.2 Å². The summed E-state index contributed by atoms with van der Waals surface area (Å²) in [5.74, 6) is 0.177. The van der Waals surface area contributed by atoms with Crippen molar-refractivity contribution in [2.24, 2.45) is 0 Å². The molecular weight excluding hydrogens is 478 g/mol. The van der Waals surface area contributed by atoms with Crippen molar-refractivity contribution in [3.05, 3.63) is 105 Å². The van der Waals surface area contributed by atoms with Gasteiger partial charge in [0.1, 0.15) is 17.1 Å². The van der Waals surface area contributed by atoms with E-state index < -0.39 is 11.1 Å². The third kappa shape index (κ3) is 4.58. The Labute approximate surface area is 210 Å². The fourth-order valence-electron chi connectivity index (χ4n) is 3.79. The molecule has 0 bridgehead atoms. The lowest BCUT2D eigenvalue weighted by atomic mass is 10.1. The molecule has 1 saturated heterocycles. The first-order valence-corrected chi connectivity index (χ1v) is 11.8. The van der Waals surface area contributed by atoms with Crippen LogP contribution in [0, 0.1) is 0 Å². The molecule has 1 aliphatic heterocycles. The highest BCUT2D eigenvalue weighted by Crippen LogP contribution is 2.33. The maximum atomic E-state index is 12.8. The summed E-state index contributed by atoms with van der Waals surface area (Å²) in [7, 11) is 1.53. The Kier molecular flexibility index (Phi) is 6.26. The number of carbonyl (C=O) groups is 3. The van der Waals surface area contributed by atoms with Crippen molar-refractivity contribution in [1.82, 2.24) is 4.90 Å². The number of methoxy groups -OCH3 is 1. The quantitative estimate of drug-likeness (QED) is 0.260. The molecule has 3 aromatic carbocycles. The van der Waals surface area contributed by atoms with Crippen LogP contribution in [-0.2, 0) is 4.79 Å². The highest BCUT2D eigenvalue weighted by molar-refractivity contribution is 8.18. The summed E-state index contributed by atoms with van der Waals surface area (Å²) >= 11 is 0.790. The number of amides is 2. The molecule has 0 atom stereocenters. The molecular formula is C28H19NO6S. The second-order valence-corrected chi connectivity index (χ2v) is 9.01. The van der Waals surface area contributed by atoms with Crippen molar-refractivity contribution in [3.8, 4) is 17.1 Å². The number of fused-ring (bicyclic) bond motifs is 1. The smallest absolute Gasteiger partial charge is 0.293 e. The van der Waals surface area contributed by atoms with Crippen molar-refractivity contribution in [3.63, 3.8) is 0 Å². The van der Waals surface area contributed by atoms with Crippen molar-refractivity contribution in [2.75, 3.05) is 13.7 Å². The van der Waals surface area contributed by atoms with Gasteiger partial charge in [-0.25, -0.2) is 0 Å². The first kappa shape index (κ1) is 23.3. The van der Waals surface area contributed by atoms with Crippen LogP contribution >= 0.6 is 11.8 Å². The Bertz CT molecular complexity index is 1590. The second-order valence-electron chi connectivity index (χ2n) is 8.01. The minimum atomic E-state index is -0.517. The van der Waals surface area contributed by atoms with Gasteiger partial charge in [0.25, 0.3) is 11.1 Å². The molecule has 0 aliphatic carbocycles. The lowest BCUT2D eigenvalue weighted by Gasteiger charge is -2.11. The van der Waals surface area contributed by atoms with Gasteiger partial charge in [-0.15, -0.1) is 0 Å². The van der Waals surface area contributed by atoms with Crippen LogP contribution in [0.15, 0.2) is 93.0 Å². The normalized spacial score (nSPS) is 14.6. The molecule has 0 radical (unpaired) electrons. The molecule has 1 fully saturated rings. The highest BCUT2D eigenvalue weighted by atomic mass is 32.2. The average Bonchev–Trinajstić information content (AvgIpc) is 3.16. The maximum absolute atomic E-state index is 12.8. The third-order valence-electron chi connectivity index (χ3n) is 5.71. The number of hydrogen-bond acceptors (Lipinski definition) is 7. The Morgan fingerprint density at radius 3 is 2.42 bits per heavy atom. The number of imide groups is 1. The van der Waals surface area contributed by atoms with Crippen molar-refractivity contribution in [1.29, 1.82) is 0 Å². The number of ketones is 1. The van der Waals surface area contributed by atoms with Crippen LogP contribution in [0.5, 0.6) is 5.75 Å². The summed E-state index contributed by atoms with van der Waals surface area (Å²) in [6.45, 7) is -0.339. The second kappa shape index (κ2) is 9.67. The minimum absolute atomic E-state index is 0.131. The number of rotatable bonds is 6. The molecule has 0 unspecified atom stereocenters. The fourth-order valence-corrected chi connectivity index (χ4v) is 4.63. The third-order valence-corrected chi connectivity index (χ3v) is 6.62. The minimum Gasteiger partial charge on any atom is -0.497 e. The number of hydrogen-bond donors (Lipinski definition) is 0. The molecule has 1 aromatic heterocycles. The molecule has 4 aromatic rings. The van der Waals surface area contributed by atoms with Gasteiger partial charge in [0.15, 0.2) is 11.2 Å². The number of carbonyl (C=O) groups excluding carboxylic acids is 3. The Balaban J connectivity index is 1.32. The van der Waals surface area contributed by atoms with Crippen molar-refractivity contribution < 1.29 is 23.5 Å². The molecule has 0 saturated carbocycles. The summed E-state index contributed by atoms with van der Waals surface area (Å²) in [6.07, 6.45) is 1.60. The molecule has 2 amide bonds. The summed E-state index contributed by atoms with van der Waals surface area (Å²) in [5, 5.41) is 0.0155. The van der Waals surface area contributed by atoms with Gasteiger partial charge in [-0.1, -0.05) is 36.4 Å². The van der Waals surface area contributed by atoms with Gasteiger partial charge in [0.05, 0.1) is 23.9 Å².